The Bertz CT molecular complexity index is 659. The first-order chi connectivity index (χ1) is 10.9. The lowest BCUT2D eigenvalue weighted by molar-refractivity contribution is -0.121. The van der Waals surface area contributed by atoms with Gasteiger partial charge in [0.25, 0.3) is 0 Å². The molecule has 0 aliphatic rings. The minimum atomic E-state index is -0.0129. The first-order valence-electron chi connectivity index (χ1n) is 7.61. The van der Waals surface area contributed by atoms with Crippen molar-refractivity contribution >= 4 is 5.91 Å². The summed E-state index contributed by atoms with van der Waals surface area (Å²) in [6, 6.07) is 7.44. The van der Waals surface area contributed by atoms with Gasteiger partial charge in [0.15, 0.2) is 0 Å². The van der Waals surface area contributed by atoms with Crippen LogP contribution in [0.15, 0.2) is 28.8 Å². The molecule has 124 valence electrons. The summed E-state index contributed by atoms with van der Waals surface area (Å²) in [6.07, 6.45) is 0.753. The van der Waals surface area contributed by atoms with Crippen LogP contribution in [-0.2, 0) is 11.2 Å². The summed E-state index contributed by atoms with van der Waals surface area (Å²) < 4.78 is 10.4. The molecule has 6 nitrogen and oxygen atoms in total. The van der Waals surface area contributed by atoms with Crippen LogP contribution >= 0.6 is 0 Å². The van der Waals surface area contributed by atoms with Crippen LogP contribution in [0.1, 0.15) is 33.1 Å². The Morgan fingerprint density at radius 2 is 2.13 bits per heavy atom. The Morgan fingerprint density at radius 3 is 2.83 bits per heavy atom. The molecular formula is C17H23N3O3. The van der Waals surface area contributed by atoms with Crippen LogP contribution in [-0.4, -0.2) is 29.7 Å². The van der Waals surface area contributed by atoms with Crippen LogP contribution < -0.4 is 10.1 Å². The molecule has 1 amide bonds. The van der Waals surface area contributed by atoms with Gasteiger partial charge >= 0.3 is 0 Å². The number of aryl methyl sites for hydroxylation is 1. The van der Waals surface area contributed by atoms with Crippen LogP contribution in [0.25, 0.3) is 11.4 Å². The lowest BCUT2D eigenvalue weighted by atomic mass is 9.97. The fourth-order valence-corrected chi connectivity index (χ4v) is 1.91. The number of methoxy groups -OCH3 is 1. The summed E-state index contributed by atoms with van der Waals surface area (Å²) in [5, 5.41) is 6.85. The third-order valence-corrected chi connectivity index (χ3v) is 3.18. The molecule has 1 aromatic heterocycles. The summed E-state index contributed by atoms with van der Waals surface area (Å²) in [6.45, 7) is 6.87. The number of amides is 1. The van der Waals surface area contributed by atoms with Crippen molar-refractivity contribution in [2.75, 3.05) is 13.7 Å². The van der Waals surface area contributed by atoms with Gasteiger partial charge in [-0.15, -0.1) is 0 Å². The third kappa shape index (κ3) is 5.39. The first-order valence-corrected chi connectivity index (χ1v) is 7.61. The highest BCUT2D eigenvalue weighted by atomic mass is 16.5. The maximum atomic E-state index is 11.8. The number of carbonyl (C=O) groups excluding carboxylic acids is 1. The van der Waals surface area contributed by atoms with E-state index in [0.717, 1.165) is 11.3 Å². The monoisotopic (exact) mass is 317 g/mol. The second-order valence-corrected chi connectivity index (χ2v) is 6.58. The van der Waals surface area contributed by atoms with Crippen molar-refractivity contribution in [1.29, 1.82) is 0 Å². The number of carbonyl (C=O) groups is 1. The third-order valence-electron chi connectivity index (χ3n) is 3.18. The molecule has 1 N–H and O–H groups in total. The molecule has 6 heteroatoms. The van der Waals surface area contributed by atoms with E-state index in [0.29, 0.717) is 31.1 Å². The predicted molar refractivity (Wildman–Crippen MR) is 87.1 cm³/mol. The van der Waals surface area contributed by atoms with Crippen LogP contribution in [0.2, 0.25) is 0 Å². The van der Waals surface area contributed by atoms with Gasteiger partial charge in [-0.05, 0) is 17.5 Å². The van der Waals surface area contributed by atoms with Gasteiger partial charge in [-0.2, -0.15) is 4.98 Å². The van der Waals surface area contributed by atoms with E-state index in [4.69, 9.17) is 9.26 Å². The zero-order chi connectivity index (χ0) is 16.9. The molecular weight excluding hydrogens is 294 g/mol. The number of hydrogen-bond acceptors (Lipinski definition) is 5. The topological polar surface area (TPSA) is 77.2 Å². The van der Waals surface area contributed by atoms with E-state index in [1.165, 1.54) is 0 Å². The van der Waals surface area contributed by atoms with Crippen molar-refractivity contribution in [2.45, 2.75) is 33.6 Å². The first kappa shape index (κ1) is 17.0. The molecule has 2 rings (SSSR count). The Morgan fingerprint density at radius 1 is 1.35 bits per heavy atom. The fraction of sp³-hybridized carbons (Fsp3) is 0.471. The van der Waals surface area contributed by atoms with Crippen molar-refractivity contribution in [3.63, 3.8) is 0 Å². The van der Waals surface area contributed by atoms with E-state index >= 15 is 0 Å². The molecule has 0 bridgehead atoms. The number of nitrogens with zero attached hydrogens (tertiary/aromatic N) is 2. The summed E-state index contributed by atoms with van der Waals surface area (Å²) in [4.78, 5) is 16.1. The molecule has 0 saturated heterocycles. The van der Waals surface area contributed by atoms with E-state index in [1.807, 2.05) is 24.3 Å². The van der Waals surface area contributed by atoms with Gasteiger partial charge in [0, 0.05) is 24.9 Å². The minimum Gasteiger partial charge on any atom is -0.497 e. The second-order valence-electron chi connectivity index (χ2n) is 6.58. The van der Waals surface area contributed by atoms with Crippen LogP contribution in [0.3, 0.4) is 0 Å². The molecule has 23 heavy (non-hydrogen) atoms. The Hall–Kier alpha value is -2.37. The van der Waals surface area contributed by atoms with Gasteiger partial charge in [0.2, 0.25) is 17.6 Å². The minimum absolute atomic E-state index is 0.0129. The Balaban J connectivity index is 1.91. The maximum Gasteiger partial charge on any atom is 0.227 e. The van der Waals surface area contributed by atoms with Gasteiger partial charge in [-0.1, -0.05) is 38.1 Å². The molecule has 0 radical (unpaired) electrons. The molecule has 0 fully saturated rings. The Labute approximate surface area is 136 Å². The number of benzene rings is 1. The van der Waals surface area contributed by atoms with Crippen molar-refractivity contribution in [3.05, 3.63) is 30.2 Å². The number of aromatic nitrogens is 2. The second kappa shape index (κ2) is 7.26. The van der Waals surface area contributed by atoms with E-state index in [9.17, 15) is 4.79 Å². The highest BCUT2D eigenvalue weighted by Crippen LogP contribution is 2.21. The lowest BCUT2D eigenvalue weighted by Gasteiger charge is -2.18. The van der Waals surface area contributed by atoms with Crippen molar-refractivity contribution in [2.24, 2.45) is 5.41 Å². The number of hydrogen-bond donors (Lipinski definition) is 1. The summed E-state index contributed by atoms with van der Waals surface area (Å²) in [5.41, 5.74) is 0.885. The van der Waals surface area contributed by atoms with Gasteiger partial charge in [0.05, 0.1) is 7.11 Å². The van der Waals surface area contributed by atoms with Gasteiger partial charge in [-0.25, -0.2) is 0 Å². The van der Waals surface area contributed by atoms with Crippen LogP contribution in [0.4, 0.5) is 0 Å². The molecule has 0 spiro atoms. The smallest absolute Gasteiger partial charge is 0.227 e. The Kier molecular flexibility index (Phi) is 5.36. The molecule has 0 aliphatic carbocycles. The van der Waals surface area contributed by atoms with E-state index in [2.05, 4.69) is 36.2 Å². The van der Waals surface area contributed by atoms with Crippen LogP contribution in [0, 0.1) is 5.41 Å². The molecule has 2 aromatic rings. The molecule has 1 aromatic carbocycles. The lowest BCUT2D eigenvalue weighted by Crippen LogP contribution is -2.32. The van der Waals surface area contributed by atoms with Crippen LogP contribution in [0.5, 0.6) is 5.75 Å². The number of nitrogens with one attached hydrogen (secondary N) is 1. The molecule has 0 aliphatic heterocycles. The maximum absolute atomic E-state index is 11.8. The van der Waals surface area contributed by atoms with Crippen molar-refractivity contribution in [1.82, 2.24) is 15.5 Å². The molecule has 0 saturated carbocycles. The largest absolute Gasteiger partial charge is 0.497 e. The van der Waals surface area contributed by atoms with E-state index in [1.54, 1.807) is 7.11 Å². The molecule has 0 unspecified atom stereocenters. The zero-order valence-electron chi connectivity index (χ0n) is 14.0. The highest BCUT2D eigenvalue weighted by molar-refractivity contribution is 5.76. The summed E-state index contributed by atoms with van der Waals surface area (Å²) in [5.74, 6) is 1.67. The van der Waals surface area contributed by atoms with Crippen molar-refractivity contribution < 1.29 is 14.1 Å². The normalized spacial score (nSPS) is 11.3. The average Bonchev–Trinajstić information content (AvgIpc) is 2.99. The average molecular weight is 317 g/mol. The summed E-state index contributed by atoms with van der Waals surface area (Å²) in [7, 11) is 1.61. The fourth-order valence-electron chi connectivity index (χ4n) is 1.91. The summed E-state index contributed by atoms with van der Waals surface area (Å²) >= 11 is 0. The molecule has 0 atom stereocenters. The SMILES string of the molecule is COc1cccc(-c2noc(CCC(=O)NCC(C)(C)C)n2)c1. The quantitative estimate of drug-likeness (QED) is 0.886. The zero-order valence-corrected chi connectivity index (χ0v) is 14.0. The van der Waals surface area contributed by atoms with Gasteiger partial charge < -0.3 is 14.6 Å². The highest BCUT2D eigenvalue weighted by Gasteiger charge is 2.14. The standard InChI is InChI=1S/C17H23N3O3/c1-17(2,3)11-18-14(21)8-9-15-19-16(20-23-15)12-6-5-7-13(10-12)22-4/h5-7,10H,8-9,11H2,1-4H3,(H,18,21). The van der Waals surface area contributed by atoms with E-state index < -0.39 is 0 Å². The van der Waals surface area contributed by atoms with Crippen molar-refractivity contribution in [3.8, 4) is 17.1 Å². The number of rotatable bonds is 6. The number of ether oxygens (including phenoxy) is 1. The van der Waals surface area contributed by atoms with Gasteiger partial charge in [0.1, 0.15) is 5.75 Å². The van der Waals surface area contributed by atoms with Gasteiger partial charge in [-0.3, -0.25) is 4.79 Å². The molecule has 1 heterocycles. The predicted octanol–water partition coefficient (Wildman–Crippen LogP) is 2.84. The van der Waals surface area contributed by atoms with E-state index in [-0.39, 0.29) is 11.3 Å².